The quantitative estimate of drug-likeness (QED) is 0.476. The van der Waals surface area contributed by atoms with Crippen molar-refractivity contribution in [1.82, 2.24) is 19.2 Å². The third-order valence-corrected chi connectivity index (χ3v) is 5.48. The Bertz CT molecular complexity index is 1270. The lowest BCUT2D eigenvalue weighted by atomic mass is 10.1. The van der Waals surface area contributed by atoms with E-state index in [2.05, 4.69) is 15.4 Å². The van der Waals surface area contributed by atoms with Gasteiger partial charge >= 0.3 is 0 Å². The van der Waals surface area contributed by atoms with E-state index in [1.165, 1.54) is 0 Å². The summed E-state index contributed by atoms with van der Waals surface area (Å²) in [5.41, 5.74) is 4.89. The maximum Gasteiger partial charge on any atom is 0.273 e. The lowest BCUT2D eigenvalue weighted by Gasteiger charge is -2.06. The molecule has 2 aromatic carbocycles. The van der Waals surface area contributed by atoms with Crippen molar-refractivity contribution >= 4 is 27.9 Å². The first-order valence-electron chi connectivity index (χ1n) is 9.11. The molecule has 0 fully saturated rings. The first kappa shape index (κ1) is 17.4. The van der Waals surface area contributed by atoms with E-state index in [1.807, 2.05) is 76.8 Å². The molecule has 5 rings (SSSR count). The fourth-order valence-corrected chi connectivity index (χ4v) is 3.92. The number of carbonyl (C=O) groups excluding carboxylic acids is 1. The van der Waals surface area contributed by atoms with Crippen LogP contribution in [0, 0.1) is 0 Å². The van der Waals surface area contributed by atoms with Crippen molar-refractivity contribution in [3.05, 3.63) is 84.1 Å². The zero-order valence-corrected chi connectivity index (χ0v) is 16.4. The number of thiazole rings is 1. The minimum absolute atomic E-state index is 0.197. The van der Waals surface area contributed by atoms with E-state index in [1.54, 1.807) is 29.1 Å². The van der Waals surface area contributed by atoms with E-state index in [4.69, 9.17) is 0 Å². The Hall–Kier alpha value is -3.71. The Morgan fingerprint density at radius 3 is 2.52 bits per heavy atom. The van der Waals surface area contributed by atoms with E-state index in [0.29, 0.717) is 5.69 Å². The number of imidazole rings is 1. The summed E-state index contributed by atoms with van der Waals surface area (Å²) >= 11 is 1.60. The summed E-state index contributed by atoms with van der Waals surface area (Å²) in [6, 6.07) is 19.3. The topological polar surface area (TPSA) is 64.2 Å². The van der Waals surface area contributed by atoms with Crippen LogP contribution in [0.15, 0.2) is 78.4 Å². The highest BCUT2D eigenvalue weighted by Gasteiger charge is 2.15. The molecule has 3 aromatic heterocycles. The predicted molar refractivity (Wildman–Crippen MR) is 115 cm³/mol. The maximum absolute atomic E-state index is 12.7. The molecular formula is C22H17N5OS. The molecule has 0 unspecified atom stereocenters. The fraction of sp³-hybridized carbons (Fsp3) is 0.0455. The van der Waals surface area contributed by atoms with Crippen molar-refractivity contribution < 1.29 is 4.79 Å². The van der Waals surface area contributed by atoms with Crippen molar-refractivity contribution in [2.75, 3.05) is 5.32 Å². The van der Waals surface area contributed by atoms with Crippen LogP contribution in [0.3, 0.4) is 0 Å². The zero-order chi connectivity index (χ0) is 19.8. The van der Waals surface area contributed by atoms with Gasteiger partial charge in [0.1, 0.15) is 5.69 Å². The standard InChI is InChI=1S/C22H17N5OS/c1-26-20(13-18(25-26)15-5-3-2-4-6-15)21(28)23-17-9-7-16(8-10-17)19-14-27-11-12-29-22(27)24-19/h2-14H,1H3,(H,23,28). The largest absolute Gasteiger partial charge is 0.321 e. The summed E-state index contributed by atoms with van der Waals surface area (Å²) in [4.78, 5) is 18.3. The number of fused-ring (bicyclic) bond motifs is 1. The first-order valence-corrected chi connectivity index (χ1v) is 9.99. The van der Waals surface area contributed by atoms with Gasteiger partial charge in [0.15, 0.2) is 4.96 Å². The Kier molecular flexibility index (Phi) is 4.22. The SMILES string of the molecule is Cn1nc(-c2ccccc2)cc1C(=O)Nc1ccc(-c2cn3ccsc3n2)cc1. The number of anilines is 1. The van der Waals surface area contributed by atoms with Gasteiger partial charge in [0.2, 0.25) is 0 Å². The molecule has 0 spiro atoms. The number of nitrogens with zero attached hydrogens (tertiary/aromatic N) is 4. The van der Waals surface area contributed by atoms with E-state index in [9.17, 15) is 4.79 Å². The fourth-order valence-electron chi connectivity index (χ4n) is 3.22. The normalized spacial score (nSPS) is 11.1. The molecule has 5 aromatic rings. The van der Waals surface area contributed by atoms with E-state index >= 15 is 0 Å². The Labute approximate surface area is 171 Å². The number of amides is 1. The monoisotopic (exact) mass is 399 g/mol. The summed E-state index contributed by atoms with van der Waals surface area (Å²) < 4.78 is 3.60. The molecule has 0 bridgehead atoms. The third-order valence-electron chi connectivity index (χ3n) is 4.71. The predicted octanol–water partition coefficient (Wildman–Crippen LogP) is 4.72. The van der Waals surface area contributed by atoms with Gasteiger partial charge in [0.25, 0.3) is 5.91 Å². The highest BCUT2D eigenvalue weighted by molar-refractivity contribution is 7.15. The van der Waals surface area contributed by atoms with Gasteiger partial charge in [-0.3, -0.25) is 13.9 Å². The number of aryl methyl sites for hydroxylation is 1. The van der Waals surface area contributed by atoms with Crippen LogP contribution in [0.2, 0.25) is 0 Å². The number of nitrogens with one attached hydrogen (secondary N) is 1. The van der Waals surface area contributed by atoms with Gasteiger partial charge in [0.05, 0.1) is 11.4 Å². The second-order valence-electron chi connectivity index (χ2n) is 6.65. The lowest BCUT2D eigenvalue weighted by molar-refractivity contribution is 0.101. The van der Waals surface area contributed by atoms with Crippen LogP contribution >= 0.6 is 11.3 Å². The molecule has 0 atom stereocenters. The molecular weight excluding hydrogens is 382 g/mol. The average molecular weight is 399 g/mol. The number of benzene rings is 2. The highest BCUT2D eigenvalue weighted by atomic mass is 32.1. The molecule has 0 aliphatic carbocycles. The number of rotatable bonds is 4. The summed E-state index contributed by atoms with van der Waals surface area (Å²) in [6.45, 7) is 0. The molecule has 0 aliphatic heterocycles. The molecule has 0 radical (unpaired) electrons. The van der Waals surface area contributed by atoms with Crippen LogP contribution in [0.1, 0.15) is 10.5 Å². The van der Waals surface area contributed by atoms with Crippen LogP contribution in [0.25, 0.3) is 27.5 Å². The number of aromatic nitrogens is 4. The highest BCUT2D eigenvalue weighted by Crippen LogP contribution is 2.24. The van der Waals surface area contributed by atoms with Crippen molar-refractivity contribution in [1.29, 1.82) is 0 Å². The van der Waals surface area contributed by atoms with Crippen molar-refractivity contribution in [2.45, 2.75) is 0 Å². The first-order chi connectivity index (χ1) is 14.2. The minimum atomic E-state index is -0.197. The van der Waals surface area contributed by atoms with Crippen LogP contribution in [0.4, 0.5) is 5.69 Å². The molecule has 29 heavy (non-hydrogen) atoms. The number of hydrogen-bond donors (Lipinski definition) is 1. The zero-order valence-electron chi connectivity index (χ0n) is 15.6. The number of hydrogen-bond acceptors (Lipinski definition) is 4. The van der Waals surface area contributed by atoms with Crippen molar-refractivity contribution in [2.24, 2.45) is 7.05 Å². The van der Waals surface area contributed by atoms with Gasteiger partial charge in [0, 0.05) is 41.6 Å². The summed E-state index contributed by atoms with van der Waals surface area (Å²) in [5, 5.41) is 9.41. The van der Waals surface area contributed by atoms with Gasteiger partial charge in [-0.05, 0) is 18.2 Å². The Morgan fingerprint density at radius 2 is 1.76 bits per heavy atom. The van der Waals surface area contributed by atoms with Crippen molar-refractivity contribution in [3.8, 4) is 22.5 Å². The van der Waals surface area contributed by atoms with Gasteiger partial charge in [-0.25, -0.2) is 4.98 Å². The molecule has 0 saturated carbocycles. The van der Waals surface area contributed by atoms with Gasteiger partial charge in [-0.1, -0.05) is 42.5 Å². The van der Waals surface area contributed by atoms with E-state index in [0.717, 1.165) is 33.2 Å². The van der Waals surface area contributed by atoms with Crippen LogP contribution in [-0.4, -0.2) is 25.1 Å². The Balaban J connectivity index is 1.34. The summed E-state index contributed by atoms with van der Waals surface area (Å²) in [7, 11) is 1.77. The minimum Gasteiger partial charge on any atom is -0.321 e. The lowest BCUT2D eigenvalue weighted by Crippen LogP contribution is -2.15. The molecule has 1 N–H and O–H groups in total. The van der Waals surface area contributed by atoms with Gasteiger partial charge < -0.3 is 5.32 Å². The van der Waals surface area contributed by atoms with Crippen LogP contribution in [0.5, 0.6) is 0 Å². The molecule has 3 heterocycles. The van der Waals surface area contributed by atoms with Gasteiger partial charge in [-0.2, -0.15) is 5.10 Å². The average Bonchev–Trinajstić information content (AvgIpc) is 3.44. The molecule has 142 valence electrons. The summed E-state index contributed by atoms with van der Waals surface area (Å²) in [5.74, 6) is -0.197. The molecule has 7 heteroatoms. The Morgan fingerprint density at radius 1 is 1.00 bits per heavy atom. The van der Waals surface area contributed by atoms with Crippen LogP contribution < -0.4 is 5.32 Å². The molecule has 0 saturated heterocycles. The smallest absolute Gasteiger partial charge is 0.273 e. The maximum atomic E-state index is 12.7. The molecule has 1 amide bonds. The summed E-state index contributed by atoms with van der Waals surface area (Å²) in [6.07, 6.45) is 3.99. The second kappa shape index (κ2) is 7.03. The van der Waals surface area contributed by atoms with Crippen molar-refractivity contribution in [3.63, 3.8) is 0 Å². The van der Waals surface area contributed by atoms with Crippen LogP contribution in [-0.2, 0) is 7.05 Å². The van der Waals surface area contributed by atoms with E-state index in [-0.39, 0.29) is 5.91 Å². The van der Waals surface area contributed by atoms with E-state index < -0.39 is 0 Å². The number of carbonyl (C=O) groups is 1. The molecule has 0 aliphatic rings. The second-order valence-corrected chi connectivity index (χ2v) is 7.53. The molecule has 6 nitrogen and oxygen atoms in total. The van der Waals surface area contributed by atoms with Gasteiger partial charge in [-0.15, -0.1) is 11.3 Å². The third kappa shape index (κ3) is 3.32.